The van der Waals surface area contributed by atoms with Gasteiger partial charge < -0.3 is 10.2 Å². The topological polar surface area (TPSA) is 99.7 Å². The molecule has 1 aromatic heterocycles. The molecule has 190 valence electrons. The van der Waals surface area contributed by atoms with Crippen LogP contribution in [0.1, 0.15) is 26.3 Å². The molecule has 8 nitrogen and oxygen atoms in total. The number of hydrogen-bond acceptors (Lipinski definition) is 6. The Hall–Kier alpha value is -3.08. The molecular weight excluding hydrogens is 496 g/mol. The quantitative estimate of drug-likeness (QED) is 0.509. The smallest absolute Gasteiger partial charge is 0.244 e. The standard InChI is InChI=1S/C26H30N4O4S2/c1-18(2)26(32)30-19(3)16-29(36(33,34)22-7-5-4-6-8-22)17-23(30)24(31)28-15-20-9-11-21(12-10-20)25-27-13-14-35-25/h4-14,18-19,23H,15-17H2,1-3H3,(H,28,31). The van der Waals surface area contributed by atoms with Crippen LogP contribution >= 0.6 is 11.3 Å². The number of carbonyl (C=O) groups excluding carboxylic acids is 2. The summed E-state index contributed by atoms with van der Waals surface area (Å²) in [6.07, 6.45) is 1.75. The molecule has 1 N–H and O–H groups in total. The predicted octanol–water partition coefficient (Wildman–Crippen LogP) is 3.37. The minimum absolute atomic E-state index is 0.102. The van der Waals surface area contributed by atoms with Gasteiger partial charge in [0.1, 0.15) is 11.0 Å². The molecule has 0 radical (unpaired) electrons. The van der Waals surface area contributed by atoms with E-state index in [-0.39, 0.29) is 42.3 Å². The highest BCUT2D eigenvalue weighted by Crippen LogP contribution is 2.25. The number of carbonyl (C=O) groups is 2. The van der Waals surface area contributed by atoms with Gasteiger partial charge in [-0.3, -0.25) is 9.59 Å². The van der Waals surface area contributed by atoms with Crippen LogP contribution < -0.4 is 5.32 Å². The highest BCUT2D eigenvalue weighted by Gasteiger charge is 2.43. The number of thiazole rings is 1. The van der Waals surface area contributed by atoms with Crippen molar-refractivity contribution in [2.75, 3.05) is 13.1 Å². The third kappa shape index (κ3) is 5.50. The Labute approximate surface area is 216 Å². The summed E-state index contributed by atoms with van der Waals surface area (Å²) in [7, 11) is -3.81. The first kappa shape index (κ1) is 26.0. The molecule has 2 aromatic carbocycles. The summed E-state index contributed by atoms with van der Waals surface area (Å²) in [4.78, 5) is 32.4. The van der Waals surface area contributed by atoms with Gasteiger partial charge >= 0.3 is 0 Å². The Morgan fingerprint density at radius 2 is 1.78 bits per heavy atom. The van der Waals surface area contributed by atoms with Gasteiger partial charge in [-0.1, -0.05) is 56.3 Å². The summed E-state index contributed by atoms with van der Waals surface area (Å²) in [5.41, 5.74) is 1.89. The Kier molecular flexibility index (Phi) is 7.87. The number of nitrogens with one attached hydrogen (secondary N) is 1. The first-order valence-corrected chi connectivity index (χ1v) is 14.1. The Bertz CT molecular complexity index is 1290. The van der Waals surface area contributed by atoms with Crippen LogP contribution in [0.4, 0.5) is 0 Å². The zero-order valence-electron chi connectivity index (χ0n) is 20.5. The molecule has 1 aliphatic rings. The van der Waals surface area contributed by atoms with Gasteiger partial charge in [-0.15, -0.1) is 11.3 Å². The second-order valence-corrected chi connectivity index (χ2v) is 12.0. The molecule has 0 spiro atoms. The normalized spacial score (nSPS) is 18.8. The van der Waals surface area contributed by atoms with Crippen LogP contribution in [0.25, 0.3) is 10.6 Å². The van der Waals surface area contributed by atoms with Crippen LogP contribution in [0.3, 0.4) is 0 Å². The third-order valence-corrected chi connectivity index (χ3v) is 8.86. The monoisotopic (exact) mass is 526 g/mol. The van der Waals surface area contributed by atoms with Crippen LogP contribution in [0.2, 0.25) is 0 Å². The SMILES string of the molecule is CC(C)C(=O)N1C(C)CN(S(=O)(=O)c2ccccc2)CC1C(=O)NCc1ccc(-c2nccs2)cc1. The van der Waals surface area contributed by atoms with Crippen LogP contribution in [0, 0.1) is 5.92 Å². The second-order valence-electron chi connectivity index (χ2n) is 9.15. The summed E-state index contributed by atoms with van der Waals surface area (Å²) in [6.45, 7) is 5.62. The van der Waals surface area contributed by atoms with Gasteiger partial charge in [-0.05, 0) is 24.6 Å². The maximum atomic E-state index is 13.4. The Morgan fingerprint density at radius 3 is 2.39 bits per heavy atom. The lowest BCUT2D eigenvalue weighted by atomic mass is 10.0. The zero-order valence-corrected chi connectivity index (χ0v) is 22.1. The van der Waals surface area contributed by atoms with Crippen molar-refractivity contribution in [2.45, 2.75) is 44.3 Å². The predicted molar refractivity (Wildman–Crippen MR) is 140 cm³/mol. The second kappa shape index (κ2) is 10.9. The van der Waals surface area contributed by atoms with Gasteiger partial charge in [-0.2, -0.15) is 4.31 Å². The van der Waals surface area contributed by atoms with Gasteiger partial charge in [0, 0.05) is 48.7 Å². The highest BCUT2D eigenvalue weighted by atomic mass is 32.2. The summed E-state index contributed by atoms with van der Waals surface area (Å²) in [5, 5.41) is 5.75. The zero-order chi connectivity index (χ0) is 25.9. The molecule has 3 aromatic rings. The minimum atomic E-state index is -3.81. The molecule has 2 heterocycles. The molecule has 2 amide bonds. The van der Waals surface area contributed by atoms with Crippen LogP contribution in [-0.2, 0) is 26.2 Å². The average molecular weight is 527 g/mol. The lowest BCUT2D eigenvalue weighted by molar-refractivity contribution is -0.148. The molecule has 0 aliphatic carbocycles. The molecule has 1 fully saturated rings. The van der Waals surface area contributed by atoms with Crippen molar-refractivity contribution in [1.82, 2.24) is 19.5 Å². The van der Waals surface area contributed by atoms with Gasteiger partial charge in [0.25, 0.3) is 0 Å². The molecule has 10 heteroatoms. The van der Waals surface area contributed by atoms with E-state index in [1.54, 1.807) is 61.4 Å². The minimum Gasteiger partial charge on any atom is -0.350 e. The number of amides is 2. The molecular formula is C26H30N4O4S2. The van der Waals surface area contributed by atoms with Crippen molar-refractivity contribution >= 4 is 33.2 Å². The van der Waals surface area contributed by atoms with Gasteiger partial charge in [0.15, 0.2) is 0 Å². The number of sulfonamides is 1. The fourth-order valence-electron chi connectivity index (χ4n) is 4.30. The van der Waals surface area contributed by atoms with E-state index in [0.29, 0.717) is 0 Å². The van der Waals surface area contributed by atoms with E-state index in [1.165, 1.54) is 16.4 Å². The maximum absolute atomic E-state index is 13.4. The number of aromatic nitrogens is 1. The molecule has 1 saturated heterocycles. The molecule has 0 saturated carbocycles. The van der Waals surface area contributed by atoms with E-state index in [1.807, 2.05) is 29.6 Å². The summed E-state index contributed by atoms with van der Waals surface area (Å²) in [6, 6.07) is 14.5. The van der Waals surface area contributed by atoms with Crippen molar-refractivity contribution in [3.63, 3.8) is 0 Å². The summed E-state index contributed by atoms with van der Waals surface area (Å²) in [5.74, 6) is -0.876. The van der Waals surface area contributed by atoms with Crippen molar-refractivity contribution in [1.29, 1.82) is 0 Å². The molecule has 2 atom stereocenters. The molecule has 2 unspecified atom stereocenters. The maximum Gasteiger partial charge on any atom is 0.244 e. The van der Waals surface area contributed by atoms with E-state index >= 15 is 0 Å². The van der Waals surface area contributed by atoms with Crippen LogP contribution in [0.15, 0.2) is 71.1 Å². The largest absolute Gasteiger partial charge is 0.350 e. The first-order chi connectivity index (χ1) is 17.2. The molecule has 36 heavy (non-hydrogen) atoms. The van der Waals surface area contributed by atoms with Crippen molar-refractivity contribution in [3.8, 4) is 10.6 Å². The van der Waals surface area contributed by atoms with Crippen molar-refractivity contribution in [2.24, 2.45) is 5.92 Å². The van der Waals surface area contributed by atoms with Crippen molar-refractivity contribution in [3.05, 3.63) is 71.7 Å². The van der Waals surface area contributed by atoms with Crippen molar-refractivity contribution < 1.29 is 18.0 Å². The number of nitrogens with zero attached hydrogens (tertiary/aromatic N) is 3. The summed E-state index contributed by atoms with van der Waals surface area (Å²) < 4.78 is 27.9. The third-order valence-electron chi connectivity index (χ3n) is 6.19. The fourth-order valence-corrected chi connectivity index (χ4v) is 6.49. The van der Waals surface area contributed by atoms with E-state index in [2.05, 4.69) is 10.3 Å². The number of hydrogen-bond donors (Lipinski definition) is 1. The number of piperazine rings is 1. The number of benzene rings is 2. The van der Waals surface area contributed by atoms with Gasteiger partial charge in [-0.25, -0.2) is 13.4 Å². The van der Waals surface area contributed by atoms with E-state index < -0.39 is 22.1 Å². The molecule has 4 rings (SSSR count). The van der Waals surface area contributed by atoms with E-state index in [9.17, 15) is 18.0 Å². The van der Waals surface area contributed by atoms with Crippen LogP contribution in [-0.4, -0.2) is 59.6 Å². The molecule has 0 bridgehead atoms. The first-order valence-electron chi connectivity index (χ1n) is 11.8. The lowest BCUT2D eigenvalue weighted by Crippen LogP contribution is -2.65. The average Bonchev–Trinajstić information content (AvgIpc) is 3.42. The van der Waals surface area contributed by atoms with E-state index in [0.717, 1.165) is 16.1 Å². The van der Waals surface area contributed by atoms with Gasteiger partial charge in [0.05, 0.1) is 4.90 Å². The highest BCUT2D eigenvalue weighted by molar-refractivity contribution is 7.89. The fraction of sp³-hybridized carbons (Fsp3) is 0.346. The number of rotatable bonds is 7. The molecule has 1 aliphatic heterocycles. The Balaban J connectivity index is 1.53. The Morgan fingerprint density at radius 1 is 1.08 bits per heavy atom. The van der Waals surface area contributed by atoms with Crippen LogP contribution in [0.5, 0.6) is 0 Å². The van der Waals surface area contributed by atoms with E-state index in [4.69, 9.17) is 0 Å². The van der Waals surface area contributed by atoms with Gasteiger partial charge in [0.2, 0.25) is 21.8 Å². The lowest BCUT2D eigenvalue weighted by Gasteiger charge is -2.44. The summed E-state index contributed by atoms with van der Waals surface area (Å²) >= 11 is 1.55.